The van der Waals surface area contributed by atoms with Gasteiger partial charge < -0.3 is 15.8 Å². The monoisotopic (exact) mass is 280 g/mol. The summed E-state index contributed by atoms with van der Waals surface area (Å²) in [5, 5.41) is 9.65. The summed E-state index contributed by atoms with van der Waals surface area (Å²) in [5.74, 6) is 0.0750. The maximum absolute atomic E-state index is 12.1. The Morgan fingerprint density at radius 1 is 1.53 bits per heavy atom. The maximum atomic E-state index is 12.1. The molecule has 100 valence electrons. The van der Waals surface area contributed by atoms with Crippen LogP contribution in [0.25, 0.3) is 0 Å². The van der Waals surface area contributed by atoms with E-state index in [4.69, 9.17) is 22.1 Å². The minimum Gasteiger partial charge on any atom is -0.495 e. The molecule has 0 aliphatic rings. The van der Waals surface area contributed by atoms with Gasteiger partial charge in [0, 0.05) is 5.02 Å². The van der Waals surface area contributed by atoms with E-state index in [0.717, 1.165) is 0 Å². The second kappa shape index (κ2) is 5.19. The number of anilines is 2. The first-order valence-electron chi connectivity index (χ1n) is 5.48. The molecule has 0 spiro atoms. The molecule has 0 radical (unpaired) electrons. The summed E-state index contributed by atoms with van der Waals surface area (Å²) in [6, 6.07) is 4.92. The number of nitrogens with one attached hydrogen (secondary N) is 2. The Balaban J connectivity index is 2.28. The van der Waals surface area contributed by atoms with Gasteiger partial charge in [0.1, 0.15) is 5.75 Å². The first-order chi connectivity index (χ1) is 9.02. The number of carbonyl (C=O) groups excluding carboxylic acids is 1. The Morgan fingerprint density at radius 3 is 2.84 bits per heavy atom. The van der Waals surface area contributed by atoms with Crippen molar-refractivity contribution in [1.29, 1.82) is 0 Å². The van der Waals surface area contributed by atoms with Gasteiger partial charge in [0.05, 0.1) is 24.2 Å². The Kier molecular flexibility index (Phi) is 3.62. The minimum atomic E-state index is -0.428. The van der Waals surface area contributed by atoms with E-state index in [1.165, 1.54) is 7.11 Å². The summed E-state index contributed by atoms with van der Waals surface area (Å²) in [5.41, 5.74) is 7.30. The number of nitrogen functional groups attached to an aromatic ring is 1. The molecule has 0 saturated heterocycles. The number of carbonyl (C=O) groups is 1. The average molecular weight is 281 g/mol. The number of aromatic nitrogens is 2. The molecule has 0 atom stereocenters. The Hall–Kier alpha value is -2.21. The van der Waals surface area contributed by atoms with E-state index in [2.05, 4.69) is 15.5 Å². The van der Waals surface area contributed by atoms with Gasteiger partial charge in [-0.1, -0.05) is 11.6 Å². The third-order valence-corrected chi connectivity index (χ3v) is 2.85. The molecule has 0 unspecified atom stereocenters. The van der Waals surface area contributed by atoms with Crippen LogP contribution in [0.2, 0.25) is 5.02 Å². The molecule has 19 heavy (non-hydrogen) atoms. The predicted molar refractivity (Wildman–Crippen MR) is 73.7 cm³/mol. The van der Waals surface area contributed by atoms with Gasteiger partial charge in [-0.3, -0.25) is 9.89 Å². The van der Waals surface area contributed by atoms with Crippen LogP contribution in [0.1, 0.15) is 16.2 Å². The molecule has 0 bridgehead atoms. The van der Waals surface area contributed by atoms with Crippen molar-refractivity contribution in [2.24, 2.45) is 0 Å². The molecule has 0 fully saturated rings. The van der Waals surface area contributed by atoms with E-state index in [9.17, 15) is 4.79 Å². The van der Waals surface area contributed by atoms with Crippen molar-refractivity contribution in [2.45, 2.75) is 6.92 Å². The maximum Gasteiger partial charge on any atom is 0.278 e. The van der Waals surface area contributed by atoms with Gasteiger partial charge in [-0.2, -0.15) is 5.10 Å². The van der Waals surface area contributed by atoms with Crippen molar-refractivity contribution < 1.29 is 9.53 Å². The van der Waals surface area contributed by atoms with E-state index in [1.54, 1.807) is 25.1 Å². The summed E-state index contributed by atoms with van der Waals surface area (Å²) in [4.78, 5) is 12.1. The molecule has 0 aliphatic carbocycles. The largest absolute Gasteiger partial charge is 0.495 e. The lowest BCUT2D eigenvalue weighted by atomic mass is 10.2. The molecule has 2 aromatic rings. The van der Waals surface area contributed by atoms with E-state index in [0.29, 0.717) is 27.8 Å². The van der Waals surface area contributed by atoms with Crippen LogP contribution in [0.3, 0.4) is 0 Å². The zero-order chi connectivity index (χ0) is 14.0. The van der Waals surface area contributed by atoms with Crippen molar-refractivity contribution >= 4 is 28.9 Å². The van der Waals surface area contributed by atoms with Crippen LogP contribution in [-0.2, 0) is 0 Å². The zero-order valence-corrected chi connectivity index (χ0v) is 11.2. The van der Waals surface area contributed by atoms with Crippen molar-refractivity contribution in [1.82, 2.24) is 10.2 Å². The normalized spacial score (nSPS) is 10.3. The minimum absolute atomic E-state index is 0.138. The number of benzene rings is 1. The predicted octanol–water partition coefficient (Wildman–Crippen LogP) is 2.21. The van der Waals surface area contributed by atoms with Crippen molar-refractivity contribution in [3.05, 3.63) is 34.6 Å². The van der Waals surface area contributed by atoms with Crippen LogP contribution in [0.5, 0.6) is 5.75 Å². The lowest BCUT2D eigenvalue weighted by molar-refractivity contribution is 0.102. The van der Waals surface area contributed by atoms with Gasteiger partial charge in [-0.05, 0) is 25.1 Å². The van der Waals surface area contributed by atoms with Crippen LogP contribution in [-0.4, -0.2) is 23.2 Å². The van der Waals surface area contributed by atoms with Crippen LogP contribution in [0.15, 0.2) is 18.2 Å². The number of amides is 1. The van der Waals surface area contributed by atoms with E-state index in [-0.39, 0.29) is 5.69 Å². The Labute approximate surface area is 114 Å². The second-order valence-corrected chi connectivity index (χ2v) is 4.35. The van der Waals surface area contributed by atoms with Crippen molar-refractivity contribution in [3.8, 4) is 5.75 Å². The van der Waals surface area contributed by atoms with E-state index >= 15 is 0 Å². The van der Waals surface area contributed by atoms with Crippen LogP contribution in [0.4, 0.5) is 11.4 Å². The topological polar surface area (TPSA) is 93.0 Å². The molecule has 4 N–H and O–H groups in total. The van der Waals surface area contributed by atoms with Crippen LogP contribution in [0, 0.1) is 6.92 Å². The lowest BCUT2D eigenvalue weighted by Gasteiger charge is -2.09. The summed E-state index contributed by atoms with van der Waals surface area (Å²) in [6.45, 7) is 1.74. The Morgan fingerprint density at radius 2 is 2.26 bits per heavy atom. The quantitative estimate of drug-likeness (QED) is 0.803. The molecular weight excluding hydrogens is 268 g/mol. The number of hydrogen-bond acceptors (Lipinski definition) is 4. The molecule has 0 saturated carbocycles. The highest BCUT2D eigenvalue weighted by Gasteiger charge is 2.17. The zero-order valence-electron chi connectivity index (χ0n) is 10.5. The molecule has 1 aromatic carbocycles. The highest BCUT2D eigenvalue weighted by atomic mass is 35.5. The standard InChI is InChI=1S/C12H13ClN4O2/c1-6-10(14)11(17-16-6)12(18)15-8-5-7(13)3-4-9(8)19-2/h3-5H,14H2,1-2H3,(H,15,18)(H,16,17). The van der Waals surface area contributed by atoms with Crippen LogP contribution < -0.4 is 15.8 Å². The first-order valence-corrected chi connectivity index (χ1v) is 5.86. The van der Waals surface area contributed by atoms with Gasteiger partial charge >= 0.3 is 0 Å². The van der Waals surface area contributed by atoms with Gasteiger partial charge in [0.25, 0.3) is 5.91 Å². The average Bonchev–Trinajstić information content (AvgIpc) is 2.70. The molecule has 1 aromatic heterocycles. The first kappa shape index (κ1) is 13.2. The molecular formula is C12H13ClN4O2. The number of nitrogens with two attached hydrogens (primary N) is 1. The summed E-state index contributed by atoms with van der Waals surface area (Å²) >= 11 is 5.89. The van der Waals surface area contributed by atoms with Crippen molar-refractivity contribution in [3.63, 3.8) is 0 Å². The summed E-state index contributed by atoms with van der Waals surface area (Å²) in [7, 11) is 1.51. The second-order valence-electron chi connectivity index (χ2n) is 3.91. The third-order valence-electron chi connectivity index (χ3n) is 2.62. The number of H-pyrrole nitrogens is 1. The van der Waals surface area contributed by atoms with Crippen molar-refractivity contribution in [2.75, 3.05) is 18.2 Å². The fourth-order valence-corrected chi connectivity index (χ4v) is 1.74. The molecule has 1 heterocycles. The number of methoxy groups -OCH3 is 1. The summed E-state index contributed by atoms with van der Waals surface area (Å²) in [6.07, 6.45) is 0. The van der Waals surface area contributed by atoms with Crippen LogP contribution >= 0.6 is 11.6 Å². The molecule has 0 aliphatic heterocycles. The number of ether oxygens (including phenoxy) is 1. The SMILES string of the molecule is COc1ccc(Cl)cc1NC(=O)c1n[nH]c(C)c1N. The van der Waals surface area contributed by atoms with E-state index < -0.39 is 5.91 Å². The molecule has 6 nitrogen and oxygen atoms in total. The molecule has 1 amide bonds. The number of aryl methyl sites for hydroxylation is 1. The smallest absolute Gasteiger partial charge is 0.278 e. The number of hydrogen-bond donors (Lipinski definition) is 3. The van der Waals surface area contributed by atoms with E-state index in [1.807, 2.05) is 0 Å². The molecule has 7 heteroatoms. The highest BCUT2D eigenvalue weighted by molar-refractivity contribution is 6.31. The highest BCUT2D eigenvalue weighted by Crippen LogP contribution is 2.28. The van der Waals surface area contributed by atoms with Gasteiger partial charge in [-0.15, -0.1) is 0 Å². The number of rotatable bonds is 3. The number of nitrogens with zero attached hydrogens (tertiary/aromatic N) is 1. The molecule has 2 rings (SSSR count). The lowest BCUT2D eigenvalue weighted by Crippen LogP contribution is -2.15. The number of aromatic amines is 1. The van der Waals surface area contributed by atoms with Gasteiger partial charge in [0.15, 0.2) is 5.69 Å². The summed E-state index contributed by atoms with van der Waals surface area (Å²) < 4.78 is 5.14. The fourth-order valence-electron chi connectivity index (χ4n) is 1.57. The van der Waals surface area contributed by atoms with Gasteiger partial charge in [-0.25, -0.2) is 0 Å². The van der Waals surface area contributed by atoms with Gasteiger partial charge in [0.2, 0.25) is 0 Å². The number of halogens is 1. The third kappa shape index (κ3) is 2.63. The fraction of sp³-hybridized carbons (Fsp3) is 0.167. The Bertz CT molecular complexity index is 624.